The van der Waals surface area contributed by atoms with Crippen LogP contribution in [0.4, 0.5) is 0 Å². The molecule has 0 spiro atoms. The molecule has 1 amide bonds. The van der Waals surface area contributed by atoms with Crippen LogP contribution in [-0.2, 0) is 14.4 Å². The molecular formula is C15H27NO4. The van der Waals surface area contributed by atoms with Gasteiger partial charge in [0.1, 0.15) is 12.3 Å². The Bertz CT molecular complexity index is 302. The molecule has 0 rings (SSSR count). The SMILES string of the molecule is CC(C)C[C@H](NC(=O)CCCCCCCC=O)C(=O)O. The van der Waals surface area contributed by atoms with E-state index < -0.39 is 12.0 Å². The zero-order valence-electron chi connectivity index (χ0n) is 12.6. The molecule has 0 fully saturated rings. The van der Waals surface area contributed by atoms with Gasteiger partial charge in [-0.1, -0.05) is 33.1 Å². The summed E-state index contributed by atoms with van der Waals surface area (Å²) >= 11 is 0. The summed E-state index contributed by atoms with van der Waals surface area (Å²) < 4.78 is 0. The predicted octanol–water partition coefficient (Wildman–Crippen LogP) is 2.53. The van der Waals surface area contributed by atoms with Crippen molar-refractivity contribution in [1.29, 1.82) is 0 Å². The van der Waals surface area contributed by atoms with Crippen LogP contribution in [0.5, 0.6) is 0 Å². The number of carbonyl (C=O) groups is 3. The molecule has 0 bridgehead atoms. The zero-order chi connectivity index (χ0) is 15.4. The van der Waals surface area contributed by atoms with E-state index in [1.807, 2.05) is 13.8 Å². The van der Waals surface area contributed by atoms with E-state index in [1.165, 1.54) is 0 Å². The number of carboxylic acids is 1. The standard InChI is InChI=1S/C15H27NO4/c1-12(2)11-13(15(19)20)16-14(18)9-7-5-3-4-6-8-10-17/h10,12-13H,3-9,11H2,1-2H3,(H,16,18)(H,19,20)/t13-/m0/s1. The van der Waals surface area contributed by atoms with Crippen molar-refractivity contribution in [3.05, 3.63) is 0 Å². The van der Waals surface area contributed by atoms with Gasteiger partial charge in [-0.15, -0.1) is 0 Å². The molecule has 5 heteroatoms. The largest absolute Gasteiger partial charge is 0.480 e. The van der Waals surface area contributed by atoms with Gasteiger partial charge in [-0.2, -0.15) is 0 Å². The van der Waals surface area contributed by atoms with Gasteiger partial charge in [-0.25, -0.2) is 4.79 Å². The second-order valence-corrected chi connectivity index (χ2v) is 5.56. The maximum atomic E-state index is 11.7. The van der Waals surface area contributed by atoms with E-state index in [2.05, 4.69) is 5.32 Å². The van der Waals surface area contributed by atoms with Gasteiger partial charge >= 0.3 is 5.97 Å². The number of amides is 1. The summed E-state index contributed by atoms with van der Waals surface area (Å²) in [7, 11) is 0. The Kier molecular flexibility index (Phi) is 10.6. The minimum Gasteiger partial charge on any atom is -0.480 e. The quantitative estimate of drug-likeness (QED) is 0.426. The third-order valence-electron chi connectivity index (χ3n) is 3.07. The number of aliphatic carboxylic acids is 1. The lowest BCUT2D eigenvalue weighted by molar-refractivity contribution is -0.142. The highest BCUT2D eigenvalue weighted by molar-refractivity contribution is 5.83. The smallest absolute Gasteiger partial charge is 0.326 e. The highest BCUT2D eigenvalue weighted by atomic mass is 16.4. The monoisotopic (exact) mass is 285 g/mol. The number of unbranched alkanes of at least 4 members (excludes halogenated alkanes) is 5. The first-order valence-electron chi connectivity index (χ1n) is 7.43. The fraction of sp³-hybridized carbons (Fsp3) is 0.800. The summed E-state index contributed by atoms with van der Waals surface area (Å²) in [6, 6.07) is -0.782. The molecule has 116 valence electrons. The Morgan fingerprint density at radius 1 is 1.10 bits per heavy atom. The molecule has 0 aromatic rings. The molecule has 0 aromatic heterocycles. The molecule has 2 N–H and O–H groups in total. The van der Waals surface area contributed by atoms with Gasteiger partial charge in [-0.05, 0) is 25.2 Å². The van der Waals surface area contributed by atoms with Crippen LogP contribution in [0.3, 0.4) is 0 Å². The maximum Gasteiger partial charge on any atom is 0.326 e. The molecule has 5 nitrogen and oxygen atoms in total. The molecule has 0 aromatic carbocycles. The molecule has 0 heterocycles. The van der Waals surface area contributed by atoms with E-state index in [9.17, 15) is 14.4 Å². The minimum atomic E-state index is -0.971. The fourth-order valence-corrected chi connectivity index (χ4v) is 2.00. The first-order valence-corrected chi connectivity index (χ1v) is 7.43. The number of carbonyl (C=O) groups excluding carboxylic acids is 2. The van der Waals surface area contributed by atoms with Crippen LogP contribution < -0.4 is 5.32 Å². The first-order chi connectivity index (χ1) is 9.47. The first kappa shape index (κ1) is 18.6. The minimum absolute atomic E-state index is 0.189. The molecule has 1 atom stereocenters. The van der Waals surface area contributed by atoms with Crippen LogP contribution in [0.25, 0.3) is 0 Å². The van der Waals surface area contributed by atoms with E-state index in [-0.39, 0.29) is 11.8 Å². The normalized spacial score (nSPS) is 12.2. The molecule has 0 unspecified atom stereocenters. The number of hydrogen-bond acceptors (Lipinski definition) is 3. The molecular weight excluding hydrogens is 258 g/mol. The Morgan fingerprint density at radius 3 is 2.25 bits per heavy atom. The molecule has 0 aliphatic carbocycles. The second kappa shape index (κ2) is 11.4. The summed E-state index contributed by atoms with van der Waals surface area (Å²) in [6.07, 6.45) is 6.98. The molecule has 20 heavy (non-hydrogen) atoms. The van der Waals surface area contributed by atoms with Crippen LogP contribution in [-0.4, -0.2) is 29.3 Å². The van der Waals surface area contributed by atoms with Crippen molar-refractivity contribution in [3.63, 3.8) is 0 Å². The van der Waals surface area contributed by atoms with Crippen molar-refractivity contribution >= 4 is 18.2 Å². The lowest BCUT2D eigenvalue weighted by atomic mass is 10.0. The molecule has 0 saturated carbocycles. The Hall–Kier alpha value is -1.39. The summed E-state index contributed by atoms with van der Waals surface area (Å²) in [5.74, 6) is -0.930. The average molecular weight is 285 g/mol. The van der Waals surface area contributed by atoms with Gasteiger partial charge in [0.2, 0.25) is 5.91 Å². The lowest BCUT2D eigenvalue weighted by Gasteiger charge is -2.16. The summed E-state index contributed by atoms with van der Waals surface area (Å²) in [5.41, 5.74) is 0. The molecule has 0 aliphatic heterocycles. The van der Waals surface area contributed by atoms with Crippen molar-refractivity contribution < 1.29 is 19.5 Å². The number of aldehydes is 1. The van der Waals surface area contributed by atoms with E-state index in [4.69, 9.17) is 5.11 Å². The third kappa shape index (κ3) is 10.5. The van der Waals surface area contributed by atoms with Crippen LogP contribution >= 0.6 is 0 Å². The molecule has 0 saturated heterocycles. The number of hydrogen-bond donors (Lipinski definition) is 2. The number of rotatable bonds is 12. The van der Waals surface area contributed by atoms with E-state index in [1.54, 1.807) is 0 Å². The topological polar surface area (TPSA) is 83.5 Å². The van der Waals surface area contributed by atoms with E-state index in [0.717, 1.165) is 38.4 Å². The maximum absolute atomic E-state index is 11.7. The van der Waals surface area contributed by atoms with Gasteiger partial charge in [0, 0.05) is 12.8 Å². The summed E-state index contributed by atoms with van der Waals surface area (Å²) in [5, 5.41) is 11.6. The van der Waals surface area contributed by atoms with Crippen LogP contribution in [0.2, 0.25) is 0 Å². The molecule has 0 aliphatic rings. The van der Waals surface area contributed by atoms with Gasteiger partial charge in [0.15, 0.2) is 0 Å². The highest BCUT2D eigenvalue weighted by Gasteiger charge is 2.20. The van der Waals surface area contributed by atoms with E-state index >= 15 is 0 Å². The van der Waals surface area contributed by atoms with E-state index in [0.29, 0.717) is 19.3 Å². The second-order valence-electron chi connectivity index (χ2n) is 5.56. The van der Waals surface area contributed by atoms with Crippen molar-refractivity contribution in [3.8, 4) is 0 Å². The fourth-order valence-electron chi connectivity index (χ4n) is 2.00. The van der Waals surface area contributed by atoms with Gasteiger partial charge < -0.3 is 15.2 Å². The van der Waals surface area contributed by atoms with Gasteiger partial charge in [-0.3, -0.25) is 4.79 Å². The zero-order valence-corrected chi connectivity index (χ0v) is 12.6. The summed E-state index contributed by atoms with van der Waals surface area (Å²) in [4.78, 5) is 32.8. The van der Waals surface area contributed by atoms with Crippen molar-refractivity contribution in [2.24, 2.45) is 5.92 Å². The van der Waals surface area contributed by atoms with Crippen molar-refractivity contribution in [1.82, 2.24) is 5.32 Å². The van der Waals surface area contributed by atoms with Crippen LogP contribution in [0, 0.1) is 5.92 Å². The number of carboxylic acid groups (broad SMARTS) is 1. The van der Waals surface area contributed by atoms with Crippen LogP contribution in [0.1, 0.15) is 65.2 Å². The average Bonchev–Trinajstić information content (AvgIpc) is 2.36. The molecule has 0 radical (unpaired) electrons. The van der Waals surface area contributed by atoms with Crippen molar-refractivity contribution in [2.45, 2.75) is 71.3 Å². The van der Waals surface area contributed by atoms with Gasteiger partial charge in [0.05, 0.1) is 0 Å². The summed E-state index contributed by atoms with van der Waals surface area (Å²) in [6.45, 7) is 3.86. The van der Waals surface area contributed by atoms with Crippen molar-refractivity contribution in [2.75, 3.05) is 0 Å². The highest BCUT2D eigenvalue weighted by Crippen LogP contribution is 2.08. The lowest BCUT2D eigenvalue weighted by Crippen LogP contribution is -2.41. The Balaban J connectivity index is 3.74. The van der Waals surface area contributed by atoms with Crippen LogP contribution in [0.15, 0.2) is 0 Å². The Labute approximate surface area is 121 Å². The Morgan fingerprint density at radius 2 is 1.70 bits per heavy atom. The predicted molar refractivity (Wildman–Crippen MR) is 77.4 cm³/mol. The third-order valence-corrected chi connectivity index (χ3v) is 3.07. The van der Waals surface area contributed by atoms with Gasteiger partial charge in [0.25, 0.3) is 0 Å². The number of nitrogens with one attached hydrogen (secondary N) is 1.